The molecule has 32 heavy (non-hydrogen) atoms. The van der Waals surface area contributed by atoms with Crippen molar-refractivity contribution in [1.29, 1.82) is 0 Å². The van der Waals surface area contributed by atoms with E-state index in [9.17, 15) is 31.5 Å². The topological polar surface area (TPSA) is 71.7 Å². The lowest BCUT2D eigenvalue weighted by Crippen LogP contribution is -2.15. The number of hydrogen-bond acceptors (Lipinski definition) is 3. The number of benzene rings is 2. The van der Waals surface area contributed by atoms with Gasteiger partial charge in [-0.1, -0.05) is 24.3 Å². The highest BCUT2D eigenvalue weighted by molar-refractivity contribution is 6.09. The van der Waals surface area contributed by atoms with E-state index in [2.05, 4.69) is 4.98 Å². The Kier molecular flexibility index (Phi) is 5.00. The molecule has 2 aromatic carbocycles. The molecule has 2 heterocycles. The maximum absolute atomic E-state index is 14.7. The fraction of sp³-hybridized carbons (Fsp3) is 0.0455. The molecule has 0 fully saturated rings. The number of halogens is 5. The maximum atomic E-state index is 14.7. The highest BCUT2D eigenvalue weighted by Crippen LogP contribution is 2.35. The van der Waals surface area contributed by atoms with Gasteiger partial charge in [-0.2, -0.15) is 13.2 Å². The van der Waals surface area contributed by atoms with E-state index in [1.807, 2.05) is 0 Å². The van der Waals surface area contributed by atoms with Gasteiger partial charge in [-0.25, -0.2) is 18.6 Å². The number of alkyl halides is 3. The molecule has 0 amide bonds. The number of carboxylic acid groups (broad SMARTS) is 1. The molecular formula is C22H11F5N2O3. The van der Waals surface area contributed by atoms with Crippen LogP contribution in [0.2, 0.25) is 0 Å². The Bertz CT molecular complexity index is 1370. The minimum Gasteiger partial charge on any atom is -0.478 e. The average Bonchev–Trinajstić information content (AvgIpc) is 3.11. The third-order valence-corrected chi connectivity index (χ3v) is 4.75. The van der Waals surface area contributed by atoms with Crippen LogP contribution in [0.15, 0.2) is 60.8 Å². The summed E-state index contributed by atoms with van der Waals surface area (Å²) in [5, 5.41) is 8.97. The summed E-state index contributed by atoms with van der Waals surface area (Å²) in [5.41, 5.74) is -3.51. The SMILES string of the molecule is O=C(O)c1cc(F)c(-c2nc(C(=O)c3ccccc3C(F)(F)F)n3ccccc23)c(F)c1. The largest absolute Gasteiger partial charge is 0.478 e. The fourth-order valence-corrected chi connectivity index (χ4v) is 3.35. The third kappa shape index (κ3) is 3.49. The first-order chi connectivity index (χ1) is 15.1. The monoisotopic (exact) mass is 446 g/mol. The Morgan fingerprint density at radius 2 is 1.56 bits per heavy atom. The van der Waals surface area contributed by atoms with E-state index >= 15 is 0 Å². The van der Waals surface area contributed by atoms with Crippen molar-refractivity contribution in [1.82, 2.24) is 9.38 Å². The first-order valence-electron chi connectivity index (χ1n) is 9.00. The summed E-state index contributed by atoms with van der Waals surface area (Å²) in [5.74, 6) is -5.65. The molecule has 0 atom stereocenters. The molecule has 0 aliphatic heterocycles. The molecule has 0 aliphatic rings. The zero-order chi connectivity index (χ0) is 23.2. The summed E-state index contributed by atoms with van der Waals surface area (Å²) >= 11 is 0. The van der Waals surface area contributed by atoms with Gasteiger partial charge in [-0.3, -0.25) is 9.20 Å². The second-order valence-electron chi connectivity index (χ2n) is 6.73. The normalized spacial score (nSPS) is 11.7. The summed E-state index contributed by atoms with van der Waals surface area (Å²) in [6.45, 7) is 0. The fourth-order valence-electron chi connectivity index (χ4n) is 3.35. The second-order valence-corrected chi connectivity index (χ2v) is 6.73. The molecule has 0 saturated heterocycles. The number of pyridine rings is 1. The van der Waals surface area contributed by atoms with Crippen LogP contribution in [-0.2, 0) is 6.18 Å². The number of imidazole rings is 1. The number of hydrogen-bond donors (Lipinski definition) is 1. The van der Waals surface area contributed by atoms with Crippen LogP contribution < -0.4 is 0 Å². The van der Waals surface area contributed by atoms with Crippen LogP contribution >= 0.6 is 0 Å². The summed E-state index contributed by atoms with van der Waals surface area (Å²) in [6, 6.07) is 9.62. The number of aromatic nitrogens is 2. The summed E-state index contributed by atoms with van der Waals surface area (Å²) in [4.78, 5) is 28.1. The number of ketones is 1. The quantitative estimate of drug-likeness (QED) is 0.344. The predicted octanol–water partition coefficient (Wildman–Crippen LogP) is 5.23. The van der Waals surface area contributed by atoms with Crippen LogP contribution in [0, 0.1) is 11.6 Å². The Balaban J connectivity index is 1.96. The second kappa shape index (κ2) is 7.56. The van der Waals surface area contributed by atoms with Crippen molar-refractivity contribution in [2.75, 3.05) is 0 Å². The zero-order valence-corrected chi connectivity index (χ0v) is 15.8. The standard InChI is InChI=1S/C22H11F5N2O3/c23-14-9-11(21(31)32)10-15(24)17(14)18-16-7-3-4-8-29(16)20(28-18)19(30)12-5-1-2-6-13(12)22(25,26)27/h1-10H,(H,31,32). The summed E-state index contributed by atoms with van der Waals surface area (Å²) in [6.07, 6.45) is -3.50. The van der Waals surface area contributed by atoms with Crippen LogP contribution in [0.5, 0.6) is 0 Å². The molecule has 4 aromatic rings. The molecule has 0 saturated carbocycles. The van der Waals surface area contributed by atoms with E-state index in [4.69, 9.17) is 5.11 Å². The lowest BCUT2D eigenvalue weighted by molar-refractivity contribution is -0.137. The number of fused-ring (bicyclic) bond motifs is 1. The van der Waals surface area contributed by atoms with Crippen molar-refractivity contribution in [3.63, 3.8) is 0 Å². The summed E-state index contributed by atoms with van der Waals surface area (Å²) in [7, 11) is 0. The van der Waals surface area contributed by atoms with Crippen LogP contribution in [-0.4, -0.2) is 26.2 Å². The third-order valence-electron chi connectivity index (χ3n) is 4.75. The van der Waals surface area contributed by atoms with Crippen LogP contribution in [0.4, 0.5) is 22.0 Å². The van der Waals surface area contributed by atoms with Gasteiger partial charge in [0.05, 0.1) is 22.2 Å². The van der Waals surface area contributed by atoms with Crippen molar-refractivity contribution in [2.45, 2.75) is 6.18 Å². The predicted molar refractivity (Wildman–Crippen MR) is 102 cm³/mol. The number of rotatable bonds is 4. The van der Waals surface area contributed by atoms with Gasteiger partial charge in [0.1, 0.15) is 17.3 Å². The Hall–Kier alpha value is -4.08. The maximum Gasteiger partial charge on any atom is 0.417 e. The van der Waals surface area contributed by atoms with E-state index in [0.29, 0.717) is 12.1 Å². The summed E-state index contributed by atoms with van der Waals surface area (Å²) < 4.78 is 70.6. The Morgan fingerprint density at radius 1 is 0.938 bits per heavy atom. The highest BCUT2D eigenvalue weighted by atomic mass is 19.4. The van der Waals surface area contributed by atoms with Gasteiger partial charge in [0, 0.05) is 11.8 Å². The van der Waals surface area contributed by atoms with Crippen molar-refractivity contribution >= 4 is 17.3 Å². The lowest BCUT2D eigenvalue weighted by atomic mass is 10.0. The number of nitrogens with zero attached hydrogens (tertiary/aromatic N) is 2. The molecule has 5 nitrogen and oxygen atoms in total. The van der Waals surface area contributed by atoms with Crippen molar-refractivity contribution < 1.29 is 36.6 Å². The Labute approximate surface area is 176 Å². The molecule has 2 aromatic heterocycles. The number of carbonyl (C=O) groups excluding carboxylic acids is 1. The van der Waals surface area contributed by atoms with Crippen LogP contribution in [0.25, 0.3) is 16.8 Å². The van der Waals surface area contributed by atoms with Gasteiger partial charge in [-0.05, 0) is 30.3 Å². The van der Waals surface area contributed by atoms with E-state index in [0.717, 1.165) is 22.6 Å². The smallest absolute Gasteiger partial charge is 0.417 e. The molecule has 0 spiro atoms. The van der Waals surface area contributed by atoms with Crippen molar-refractivity contribution in [2.24, 2.45) is 0 Å². The number of aromatic carboxylic acids is 1. The van der Waals surface area contributed by atoms with Gasteiger partial charge in [0.25, 0.3) is 0 Å². The number of carboxylic acids is 1. The van der Waals surface area contributed by atoms with E-state index in [1.54, 1.807) is 0 Å². The molecule has 0 bridgehead atoms. The van der Waals surface area contributed by atoms with E-state index in [-0.39, 0.29) is 11.2 Å². The van der Waals surface area contributed by atoms with Gasteiger partial charge < -0.3 is 5.11 Å². The van der Waals surface area contributed by atoms with E-state index < -0.39 is 57.6 Å². The molecule has 1 N–H and O–H groups in total. The van der Waals surface area contributed by atoms with Gasteiger partial charge >= 0.3 is 12.1 Å². The van der Waals surface area contributed by atoms with E-state index in [1.165, 1.54) is 30.5 Å². The first-order valence-corrected chi connectivity index (χ1v) is 9.00. The average molecular weight is 446 g/mol. The lowest BCUT2D eigenvalue weighted by Gasteiger charge is -2.11. The van der Waals surface area contributed by atoms with Gasteiger partial charge in [0.2, 0.25) is 5.78 Å². The van der Waals surface area contributed by atoms with Gasteiger partial charge in [0.15, 0.2) is 5.82 Å². The molecule has 0 radical (unpaired) electrons. The van der Waals surface area contributed by atoms with Gasteiger partial charge in [-0.15, -0.1) is 0 Å². The molecule has 10 heteroatoms. The minimum atomic E-state index is -4.81. The van der Waals surface area contributed by atoms with Crippen LogP contribution in [0.1, 0.15) is 32.1 Å². The van der Waals surface area contributed by atoms with Crippen LogP contribution in [0.3, 0.4) is 0 Å². The highest BCUT2D eigenvalue weighted by Gasteiger charge is 2.36. The molecule has 162 valence electrons. The van der Waals surface area contributed by atoms with Crippen molar-refractivity contribution in [3.05, 3.63) is 94.9 Å². The molecule has 0 unspecified atom stereocenters. The molecule has 4 rings (SSSR count). The Morgan fingerprint density at radius 3 is 2.19 bits per heavy atom. The molecular weight excluding hydrogens is 435 g/mol. The molecule has 0 aliphatic carbocycles. The van der Waals surface area contributed by atoms with Crippen molar-refractivity contribution in [3.8, 4) is 11.3 Å². The zero-order valence-electron chi connectivity index (χ0n) is 15.8. The number of carbonyl (C=O) groups is 2. The first kappa shape index (κ1) is 21.2. The minimum absolute atomic E-state index is 0.0428.